The number of carbonyl (C=O) groups excluding carboxylic acids is 1. The van der Waals surface area contributed by atoms with Gasteiger partial charge in [-0.3, -0.25) is 4.79 Å². The van der Waals surface area contributed by atoms with E-state index in [1.54, 1.807) is 0 Å². The number of fused-ring (bicyclic) bond motifs is 2. The highest BCUT2D eigenvalue weighted by molar-refractivity contribution is 5.93. The third kappa shape index (κ3) is 1.68. The maximum atomic E-state index is 12.8. The zero-order chi connectivity index (χ0) is 13.9. The van der Waals surface area contributed by atoms with E-state index < -0.39 is 0 Å². The van der Waals surface area contributed by atoms with Crippen molar-refractivity contribution in [3.63, 3.8) is 0 Å². The number of hydrogen-bond donors (Lipinski definition) is 0. The number of nitrogens with zero attached hydrogens (tertiary/aromatic N) is 2. The largest absolute Gasteiger partial charge is 0.344 e. The van der Waals surface area contributed by atoms with Crippen molar-refractivity contribution in [2.45, 2.75) is 32.6 Å². The minimum atomic E-state index is 0.245. The summed E-state index contributed by atoms with van der Waals surface area (Å²) in [5.74, 6) is 3.64. The van der Waals surface area contributed by atoms with Crippen LogP contribution in [0.5, 0.6) is 0 Å². The lowest BCUT2D eigenvalue weighted by Gasteiger charge is -2.44. The summed E-state index contributed by atoms with van der Waals surface area (Å²) >= 11 is 0. The molecule has 1 aromatic rings. The molecule has 3 saturated carbocycles. The summed E-state index contributed by atoms with van der Waals surface area (Å²) in [6.45, 7) is 4.07. The second-order valence-corrected chi connectivity index (χ2v) is 7.13. The van der Waals surface area contributed by atoms with Crippen molar-refractivity contribution in [1.82, 2.24) is 9.47 Å². The third-order valence-electron chi connectivity index (χ3n) is 6.32. The van der Waals surface area contributed by atoms with Crippen LogP contribution in [-0.4, -0.2) is 28.5 Å². The van der Waals surface area contributed by atoms with Gasteiger partial charge < -0.3 is 9.47 Å². The van der Waals surface area contributed by atoms with Gasteiger partial charge in [0, 0.05) is 25.8 Å². The van der Waals surface area contributed by atoms with Crippen LogP contribution in [0.4, 0.5) is 0 Å². The summed E-state index contributed by atoms with van der Waals surface area (Å²) in [6, 6.07) is 4.02. The van der Waals surface area contributed by atoms with E-state index in [1.165, 1.54) is 25.7 Å². The average Bonchev–Trinajstić information content (AvgIpc) is 3.06. The lowest BCUT2D eigenvalue weighted by molar-refractivity contribution is 0.0577. The Kier molecular flexibility index (Phi) is 2.73. The first-order valence-electron chi connectivity index (χ1n) is 8.06. The molecule has 1 amide bonds. The molecular weight excluding hydrogens is 248 g/mol. The molecule has 108 valence electrons. The summed E-state index contributed by atoms with van der Waals surface area (Å²) in [4.78, 5) is 14.9. The summed E-state index contributed by atoms with van der Waals surface area (Å²) in [7, 11) is 2.00. The number of carbonyl (C=O) groups is 1. The fraction of sp³-hybridized carbons (Fsp3) is 0.706. The molecule has 3 nitrogen and oxygen atoms in total. The molecular formula is C17H24N2O. The van der Waals surface area contributed by atoms with E-state index in [-0.39, 0.29) is 5.91 Å². The Balaban J connectivity index is 1.56. The van der Waals surface area contributed by atoms with Gasteiger partial charge in [0.15, 0.2) is 0 Å². The van der Waals surface area contributed by atoms with Crippen molar-refractivity contribution in [3.05, 3.63) is 23.5 Å². The van der Waals surface area contributed by atoms with Crippen molar-refractivity contribution in [2.24, 2.45) is 30.7 Å². The predicted octanol–water partition coefficient (Wildman–Crippen LogP) is 2.84. The summed E-state index contributed by atoms with van der Waals surface area (Å²) in [5, 5.41) is 0. The molecule has 0 spiro atoms. The molecule has 3 aliphatic carbocycles. The van der Waals surface area contributed by atoms with Gasteiger partial charge in [-0.15, -0.1) is 0 Å². The zero-order valence-corrected chi connectivity index (χ0v) is 12.5. The van der Waals surface area contributed by atoms with Crippen molar-refractivity contribution < 1.29 is 4.79 Å². The minimum Gasteiger partial charge on any atom is -0.344 e. The van der Waals surface area contributed by atoms with E-state index >= 15 is 0 Å². The van der Waals surface area contributed by atoms with Gasteiger partial charge in [0.25, 0.3) is 5.91 Å². The molecule has 4 fully saturated rings. The van der Waals surface area contributed by atoms with Gasteiger partial charge in [-0.25, -0.2) is 0 Å². The molecule has 1 aromatic heterocycles. The first-order valence-corrected chi connectivity index (χ1v) is 8.06. The second kappa shape index (κ2) is 4.37. The molecule has 0 unspecified atom stereocenters. The number of hydrogen-bond acceptors (Lipinski definition) is 1. The molecule has 20 heavy (non-hydrogen) atoms. The fourth-order valence-corrected chi connectivity index (χ4v) is 5.01. The van der Waals surface area contributed by atoms with Crippen LogP contribution in [0.1, 0.15) is 41.9 Å². The summed E-state index contributed by atoms with van der Waals surface area (Å²) in [6.07, 6.45) is 5.66. The quantitative estimate of drug-likeness (QED) is 0.771. The first-order chi connectivity index (χ1) is 9.65. The van der Waals surface area contributed by atoms with E-state index in [1.807, 2.05) is 23.7 Å². The molecule has 0 N–H and O–H groups in total. The van der Waals surface area contributed by atoms with Crippen LogP contribution in [0.2, 0.25) is 0 Å². The maximum absolute atomic E-state index is 12.8. The van der Waals surface area contributed by atoms with Crippen LogP contribution in [0.15, 0.2) is 12.1 Å². The van der Waals surface area contributed by atoms with Crippen LogP contribution < -0.4 is 0 Å². The lowest BCUT2D eigenvalue weighted by Crippen LogP contribution is -2.38. The number of likely N-dealkylation sites (tertiary alicyclic amines) is 1. The Hall–Kier alpha value is -1.25. The first kappa shape index (κ1) is 12.5. The van der Waals surface area contributed by atoms with Gasteiger partial charge in [0.05, 0.1) is 0 Å². The zero-order valence-electron chi connectivity index (χ0n) is 12.5. The Morgan fingerprint density at radius 3 is 2.05 bits per heavy atom. The Morgan fingerprint density at radius 2 is 1.60 bits per heavy atom. The molecule has 0 radical (unpaired) electrons. The predicted molar refractivity (Wildman–Crippen MR) is 78.5 cm³/mol. The van der Waals surface area contributed by atoms with Crippen molar-refractivity contribution in [2.75, 3.05) is 13.1 Å². The molecule has 0 aromatic carbocycles. The fourth-order valence-electron chi connectivity index (χ4n) is 5.01. The SMILES string of the molecule is Cc1ccc(C(=O)N2C[C@@H]3C4CCC(CC4)[C@@H]3C2)n1C. The van der Waals surface area contributed by atoms with Gasteiger partial charge in [0.1, 0.15) is 5.69 Å². The van der Waals surface area contributed by atoms with Crippen molar-refractivity contribution in [1.29, 1.82) is 0 Å². The lowest BCUT2D eigenvalue weighted by atomic mass is 9.60. The number of amides is 1. The van der Waals surface area contributed by atoms with Crippen LogP contribution in [0.25, 0.3) is 0 Å². The van der Waals surface area contributed by atoms with E-state index in [4.69, 9.17) is 0 Å². The topological polar surface area (TPSA) is 25.2 Å². The molecule has 2 atom stereocenters. The van der Waals surface area contributed by atoms with Gasteiger partial charge in [-0.2, -0.15) is 0 Å². The van der Waals surface area contributed by atoms with Gasteiger partial charge >= 0.3 is 0 Å². The van der Waals surface area contributed by atoms with Crippen LogP contribution in [0.3, 0.4) is 0 Å². The van der Waals surface area contributed by atoms with Crippen LogP contribution in [0, 0.1) is 30.6 Å². The van der Waals surface area contributed by atoms with Gasteiger partial charge in [0.2, 0.25) is 0 Å². The number of rotatable bonds is 1. The Labute approximate surface area is 120 Å². The van der Waals surface area contributed by atoms with Crippen LogP contribution >= 0.6 is 0 Å². The summed E-state index contributed by atoms with van der Waals surface area (Å²) in [5.41, 5.74) is 2.01. The van der Waals surface area contributed by atoms with Crippen molar-refractivity contribution in [3.8, 4) is 0 Å². The van der Waals surface area contributed by atoms with Gasteiger partial charge in [-0.1, -0.05) is 0 Å². The molecule has 2 bridgehead atoms. The normalized spacial score (nSPS) is 35.4. The highest BCUT2D eigenvalue weighted by Crippen LogP contribution is 2.51. The molecule has 1 aliphatic heterocycles. The van der Waals surface area contributed by atoms with Crippen molar-refractivity contribution >= 4 is 5.91 Å². The van der Waals surface area contributed by atoms with E-state index in [9.17, 15) is 4.79 Å². The minimum absolute atomic E-state index is 0.245. The third-order valence-corrected chi connectivity index (χ3v) is 6.32. The summed E-state index contributed by atoms with van der Waals surface area (Å²) < 4.78 is 2.03. The molecule has 1 saturated heterocycles. The van der Waals surface area contributed by atoms with Crippen LogP contribution in [-0.2, 0) is 7.05 Å². The smallest absolute Gasteiger partial charge is 0.270 e. The maximum Gasteiger partial charge on any atom is 0.270 e. The highest BCUT2D eigenvalue weighted by atomic mass is 16.2. The van der Waals surface area contributed by atoms with Gasteiger partial charge in [-0.05, 0) is 68.4 Å². The number of aromatic nitrogens is 1. The highest BCUT2D eigenvalue weighted by Gasteiger charge is 2.49. The number of aryl methyl sites for hydroxylation is 1. The Morgan fingerprint density at radius 1 is 1.05 bits per heavy atom. The van der Waals surface area contributed by atoms with E-state index in [0.717, 1.165) is 48.1 Å². The molecule has 3 heteroatoms. The van der Waals surface area contributed by atoms with E-state index in [2.05, 4.69) is 11.8 Å². The average molecular weight is 272 g/mol. The van der Waals surface area contributed by atoms with E-state index in [0.29, 0.717) is 0 Å². The second-order valence-electron chi connectivity index (χ2n) is 7.13. The molecule has 2 heterocycles. The Bertz CT molecular complexity index is 519. The monoisotopic (exact) mass is 272 g/mol. The standard InChI is InChI=1S/C17H24N2O/c1-11-3-8-16(18(11)2)17(20)19-9-14-12-4-5-13(7-6-12)15(14)10-19/h3,8,12-15H,4-7,9-10H2,1-2H3/t12?,13?,14-,15+. The molecule has 4 aliphatic rings. The molecule has 5 rings (SSSR count).